The van der Waals surface area contributed by atoms with Gasteiger partial charge in [0.05, 0.1) is 6.20 Å². The quantitative estimate of drug-likeness (QED) is 0.900. The zero-order valence-corrected chi connectivity index (χ0v) is 12.6. The fourth-order valence-electron chi connectivity index (χ4n) is 2.70. The Kier molecular flexibility index (Phi) is 3.85. The number of benzene rings is 1. The number of amides is 2. The highest BCUT2D eigenvalue weighted by molar-refractivity contribution is 5.96. The lowest BCUT2D eigenvalue weighted by Crippen LogP contribution is -2.43. The van der Waals surface area contributed by atoms with Crippen LogP contribution in [0.4, 0.5) is 10.1 Å². The van der Waals surface area contributed by atoms with E-state index in [1.54, 1.807) is 24.5 Å². The summed E-state index contributed by atoms with van der Waals surface area (Å²) in [6.45, 7) is 1.86. The van der Waals surface area contributed by atoms with Crippen LogP contribution in [-0.4, -0.2) is 21.6 Å². The van der Waals surface area contributed by atoms with Crippen LogP contribution >= 0.6 is 0 Å². The molecule has 120 valence electrons. The summed E-state index contributed by atoms with van der Waals surface area (Å²) in [6, 6.07) is 4.39. The van der Waals surface area contributed by atoms with Crippen LogP contribution in [-0.2, 0) is 9.59 Å². The molecule has 0 saturated heterocycles. The molecule has 7 heteroatoms. The smallest absolute Gasteiger partial charge is 0.228 e. The third-order valence-corrected chi connectivity index (χ3v) is 4.15. The van der Waals surface area contributed by atoms with Gasteiger partial charge in [-0.15, -0.1) is 0 Å². The molecule has 3 N–H and O–H groups in total. The number of primary amides is 1. The number of carbonyl (C=O) groups is 2. The van der Waals surface area contributed by atoms with E-state index < -0.39 is 23.6 Å². The molecule has 1 fully saturated rings. The van der Waals surface area contributed by atoms with Gasteiger partial charge < -0.3 is 11.1 Å². The number of aryl methyl sites for hydroxylation is 1. The minimum Gasteiger partial charge on any atom is -0.369 e. The first kappa shape index (κ1) is 15.2. The SMILES string of the molecule is Cc1cnn(-c2ccc(NC(=O)C3CCC3C(N)=O)cc2F)c1. The Morgan fingerprint density at radius 3 is 2.61 bits per heavy atom. The van der Waals surface area contributed by atoms with Crippen molar-refractivity contribution in [2.45, 2.75) is 19.8 Å². The summed E-state index contributed by atoms with van der Waals surface area (Å²) >= 11 is 0. The molecule has 0 bridgehead atoms. The monoisotopic (exact) mass is 316 g/mol. The molecule has 2 unspecified atom stereocenters. The number of anilines is 1. The average molecular weight is 316 g/mol. The zero-order chi connectivity index (χ0) is 16.6. The van der Waals surface area contributed by atoms with Crippen molar-refractivity contribution < 1.29 is 14.0 Å². The summed E-state index contributed by atoms with van der Waals surface area (Å²) in [5.74, 6) is -2.12. The number of rotatable bonds is 4. The highest BCUT2D eigenvalue weighted by atomic mass is 19.1. The van der Waals surface area contributed by atoms with Crippen molar-refractivity contribution in [2.24, 2.45) is 17.6 Å². The Balaban J connectivity index is 1.73. The van der Waals surface area contributed by atoms with Crippen molar-refractivity contribution in [3.63, 3.8) is 0 Å². The average Bonchev–Trinajstić information content (AvgIpc) is 2.83. The largest absolute Gasteiger partial charge is 0.369 e. The fourth-order valence-corrected chi connectivity index (χ4v) is 2.70. The number of nitrogens with two attached hydrogens (primary N) is 1. The Labute approximate surface area is 132 Å². The maximum atomic E-state index is 14.2. The van der Waals surface area contributed by atoms with Crippen molar-refractivity contribution >= 4 is 17.5 Å². The maximum Gasteiger partial charge on any atom is 0.228 e. The normalized spacial score (nSPS) is 19.9. The molecule has 1 aliphatic carbocycles. The van der Waals surface area contributed by atoms with Crippen LogP contribution < -0.4 is 11.1 Å². The minimum absolute atomic E-state index is 0.301. The third-order valence-electron chi connectivity index (χ3n) is 4.15. The molecule has 0 radical (unpaired) electrons. The van der Waals surface area contributed by atoms with Gasteiger partial charge in [0, 0.05) is 23.7 Å². The van der Waals surface area contributed by atoms with Crippen molar-refractivity contribution in [2.75, 3.05) is 5.32 Å². The van der Waals surface area contributed by atoms with E-state index in [1.165, 1.54) is 10.7 Å². The molecule has 1 aromatic carbocycles. The van der Waals surface area contributed by atoms with Crippen LogP contribution in [0.2, 0.25) is 0 Å². The lowest BCUT2D eigenvalue weighted by Gasteiger charge is -2.32. The molecule has 6 nitrogen and oxygen atoms in total. The van der Waals surface area contributed by atoms with Crippen LogP contribution in [0.3, 0.4) is 0 Å². The highest BCUT2D eigenvalue weighted by Crippen LogP contribution is 2.35. The van der Waals surface area contributed by atoms with Gasteiger partial charge in [-0.05, 0) is 43.5 Å². The highest BCUT2D eigenvalue weighted by Gasteiger charge is 2.40. The van der Waals surface area contributed by atoms with E-state index >= 15 is 0 Å². The summed E-state index contributed by atoms with van der Waals surface area (Å²) in [7, 11) is 0. The van der Waals surface area contributed by atoms with Gasteiger partial charge in [0.2, 0.25) is 11.8 Å². The maximum absolute atomic E-state index is 14.2. The van der Waals surface area contributed by atoms with E-state index in [0.717, 1.165) is 5.56 Å². The standard InChI is InChI=1S/C16H17FN4O2/c1-9-7-19-21(8-9)14-5-2-10(6-13(14)17)20-16(23)12-4-3-11(12)15(18)22/h2,5-8,11-12H,3-4H2,1H3,(H2,18,22)(H,20,23). The van der Waals surface area contributed by atoms with Crippen LogP contribution in [0.1, 0.15) is 18.4 Å². The molecule has 1 heterocycles. The van der Waals surface area contributed by atoms with E-state index in [4.69, 9.17) is 5.73 Å². The summed E-state index contributed by atoms with van der Waals surface area (Å²) in [4.78, 5) is 23.3. The second kappa shape index (κ2) is 5.83. The molecule has 2 amide bonds. The lowest BCUT2D eigenvalue weighted by molar-refractivity contribution is -0.135. The molecule has 0 aliphatic heterocycles. The van der Waals surface area contributed by atoms with Crippen LogP contribution in [0.15, 0.2) is 30.6 Å². The van der Waals surface area contributed by atoms with E-state index in [-0.39, 0.29) is 5.91 Å². The topological polar surface area (TPSA) is 90.0 Å². The zero-order valence-electron chi connectivity index (χ0n) is 12.6. The molecule has 1 aromatic heterocycles. The first-order valence-electron chi connectivity index (χ1n) is 7.37. The lowest BCUT2D eigenvalue weighted by atomic mass is 9.72. The van der Waals surface area contributed by atoms with E-state index in [2.05, 4.69) is 10.4 Å². The van der Waals surface area contributed by atoms with Gasteiger partial charge in [-0.1, -0.05) is 0 Å². The summed E-state index contributed by atoms with van der Waals surface area (Å²) in [6.07, 6.45) is 4.59. The van der Waals surface area contributed by atoms with Gasteiger partial charge in [0.25, 0.3) is 0 Å². The second-order valence-corrected chi connectivity index (χ2v) is 5.81. The number of nitrogens with one attached hydrogen (secondary N) is 1. The Morgan fingerprint density at radius 2 is 2.09 bits per heavy atom. The predicted octanol–water partition coefficient (Wildman–Crippen LogP) is 1.77. The van der Waals surface area contributed by atoms with E-state index in [1.807, 2.05) is 6.92 Å². The minimum atomic E-state index is -0.494. The second-order valence-electron chi connectivity index (χ2n) is 5.81. The van der Waals surface area contributed by atoms with Gasteiger partial charge >= 0.3 is 0 Å². The first-order valence-corrected chi connectivity index (χ1v) is 7.37. The van der Waals surface area contributed by atoms with Gasteiger partial charge in [-0.25, -0.2) is 9.07 Å². The number of nitrogens with zero attached hydrogens (tertiary/aromatic N) is 2. The first-order chi connectivity index (χ1) is 11.0. The Morgan fingerprint density at radius 1 is 1.35 bits per heavy atom. The van der Waals surface area contributed by atoms with Crippen molar-refractivity contribution in [3.8, 4) is 5.69 Å². The Bertz CT molecular complexity index is 771. The molecule has 1 saturated carbocycles. The molecule has 3 rings (SSSR count). The summed E-state index contributed by atoms with van der Waals surface area (Å²) in [5.41, 5.74) is 6.81. The summed E-state index contributed by atoms with van der Waals surface area (Å²) < 4.78 is 15.6. The number of hydrogen-bond acceptors (Lipinski definition) is 3. The molecule has 0 spiro atoms. The van der Waals surface area contributed by atoms with E-state index in [9.17, 15) is 14.0 Å². The third kappa shape index (κ3) is 2.94. The van der Waals surface area contributed by atoms with Gasteiger partial charge in [0.1, 0.15) is 5.69 Å². The number of halogens is 1. The van der Waals surface area contributed by atoms with Crippen LogP contribution in [0.25, 0.3) is 5.69 Å². The number of hydrogen-bond donors (Lipinski definition) is 2. The number of carbonyl (C=O) groups excluding carboxylic acids is 2. The van der Waals surface area contributed by atoms with Crippen molar-refractivity contribution in [1.29, 1.82) is 0 Å². The van der Waals surface area contributed by atoms with Gasteiger partial charge in [0.15, 0.2) is 5.82 Å². The van der Waals surface area contributed by atoms with Crippen molar-refractivity contribution in [3.05, 3.63) is 42.0 Å². The molecule has 1 aliphatic rings. The van der Waals surface area contributed by atoms with Gasteiger partial charge in [-0.2, -0.15) is 5.10 Å². The van der Waals surface area contributed by atoms with Crippen LogP contribution in [0, 0.1) is 24.6 Å². The molecular weight excluding hydrogens is 299 g/mol. The number of aromatic nitrogens is 2. The molecule has 23 heavy (non-hydrogen) atoms. The predicted molar refractivity (Wildman–Crippen MR) is 82.3 cm³/mol. The molecule has 2 aromatic rings. The Hall–Kier alpha value is -2.70. The van der Waals surface area contributed by atoms with Gasteiger partial charge in [-0.3, -0.25) is 9.59 Å². The van der Waals surface area contributed by atoms with Crippen molar-refractivity contribution in [1.82, 2.24) is 9.78 Å². The fraction of sp³-hybridized carbons (Fsp3) is 0.312. The molecule has 2 atom stereocenters. The van der Waals surface area contributed by atoms with E-state index in [0.29, 0.717) is 24.2 Å². The molecular formula is C16H17FN4O2. The van der Waals surface area contributed by atoms with Crippen LogP contribution in [0.5, 0.6) is 0 Å². The summed E-state index contributed by atoms with van der Waals surface area (Å²) in [5, 5.41) is 6.69.